The zero-order chi connectivity index (χ0) is 19.5. The Hall–Kier alpha value is -0.850. The fourth-order valence-electron chi connectivity index (χ4n) is 3.52. The Balaban J connectivity index is 2.38. The van der Waals surface area contributed by atoms with Gasteiger partial charge in [0, 0.05) is 63.9 Å². The maximum atomic E-state index is 4.82. The van der Waals surface area contributed by atoms with Crippen molar-refractivity contribution in [1.29, 1.82) is 0 Å². The minimum absolute atomic E-state index is 0.497. The lowest BCUT2D eigenvalue weighted by atomic mass is 10.2. The van der Waals surface area contributed by atoms with Crippen molar-refractivity contribution >= 4 is 5.96 Å². The van der Waals surface area contributed by atoms with Crippen molar-refractivity contribution in [2.75, 3.05) is 59.4 Å². The van der Waals surface area contributed by atoms with Crippen LogP contribution in [0.15, 0.2) is 4.99 Å². The number of likely N-dealkylation sites (N-methyl/N-ethyl adjacent to an activating group) is 1. The molecule has 0 aromatic heterocycles. The molecule has 154 valence electrons. The summed E-state index contributed by atoms with van der Waals surface area (Å²) in [5.74, 6) is 0.953. The van der Waals surface area contributed by atoms with E-state index in [-0.39, 0.29) is 0 Å². The summed E-state index contributed by atoms with van der Waals surface area (Å²) in [5, 5.41) is 6.88. The highest BCUT2D eigenvalue weighted by Crippen LogP contribution is 2.06. The minimum Gasteiger partial charge on any atom is -0.357 e. The molecule has 6 nitrogen and oxygen atoms in total. The molecule has 0 bridgehead atoms. The summed E-state index contributed by atoms with van der Waals surface area (Å²) in [6.45, 7) is 22.0. The van der Waals surface area contributed by atoms with Gasteiger partial charge in [0.25, 0.3) is 0 Å². The number of hydrogen-bond acceptors (Lipinski definition) is 4. The van der Waals surface area contributed by atoms with Crippen molar-refractivity contribution in [3.63, 3.8) is 0 Å². The Bertz CT molecular complexity index is 380. The van der Waals surface area contributed by atoms with E-state index in [4.69, 9.17) is 4.99 Å². The Labute approximate surface area is 162 Å². The van der Waals surface area contributed by atoms with Gasteiger partial charge in [-0.2, -0.15) is 0 Å². The van der Waals surface area contributed by atoms with Crippen LogP contribution in [0.25, 0.3) is 0 Å². The smallest absolute Gasteiger partial charge is 0.191 e. The predicted molar refractivity (Wildman–Crippen MR) is 114 cm³/mol. The van der Waals surface area contributed by atoms with Gasteiger partial charge in [0.15, 0.2) is 5.96 Å². The molecule has 0 aromatic carbocycles. The van der Waals surface area contributed by atoms with E-state index in [1.165, 1.54) is 0 Å². The maximum absolute atomic E-state index is 4.82. The topological polar surface area (TPSA) is 46.1 Å². The van der Waals surface area contributed by atoms with Crippen LogP contribution < -0.4 is 10.6 Å². The van der Waals surface area contributed by atoms with Gasteiger partial charge in [0.1, 0.15) is 0 Å². The second-order valence-corrected chi connectivity index (χ2v) is 8.11. The first kappa shape index (κ1) is 23.2. The molecule has 0 spiro atoms. The first-order chi connectivity index (χ1) is 12.3. The van der Waals surface area contributed by atoms with Gasteiger partial charge < -0.3 is 15.5 Å². The van der Waals surface area contributed by atoms with Crippen molar-refractivity contribution in [2.24, 2.45) is 4.99 Å². The lowest BCUT2D eigenvalue weighted by molar-refractivity contribution is 0.122. The average Bonchev–Trinajstić information content (AvgIpc) is 2.59. The first-order valence-electron chi connectivity index (χ1n) is 10.6. The van der Waals surface area contributed by atoms with Gasteiger partial charge in [-0.3, -0.25) is 14.8 Å². The molecule has 0 aromatic rings. The van der Waals surface area contributed by atoms with Crippen molar-refractivity contribution in [2.45, 2.75) is 66.1 Å². The average molecular weight is 369 g/mol. The Morgan fingerprint density at radius 3 is 2.15 bits per heavy atom. The molecule has 1 rings (SSSR count). The first-order valence-corrected chi connectivity index (χ1v) is 10.6. The molecular formula is C20H44N6. The molecule has 26 heavy (non-hydrogen) atoms. The van der Waals surface area contributed by atoms with E-state index in [0.29, 0.717) is 18.1 Å². The summed E-state index contributed by atoms with van der Waals surface area (Å²) in [7, 11) is 2.20. The van der Waals surface area contributed by atoms with E-state index in [1.54, 1.807) is 0 Å². The van der Waals surface area contributed by atoms with E-state index < -0.39 is 0 Å². The van der Waals surface area contributed by atoms with Crippen LogP contribution in [-0.2, 0) is 0 Å². The van der Waals surface area contributed by atoms with Crippen molar-refractivity contribution < 1.29 is 0 Å². The molecule has 0 saturated carbocycles. The normalized spacial score (nSPS) is 18.8. The Morgan fingerprint density at radius 1 is 1.00 bits per heavy atom. The summed E-state index contributed by atoms with van der Waals surface area (Å²) in [6, 6.07) is 1.69. The second-order valence-electron chi connectivity index (χ2n) is 8.11. The Morgan fingerprint density at radius 2 is 1.62 bits per heavy atom. The largest absolute Gasteiger partial charge is 0.357 e. The monoisotopic (exact) mass is 368 g/mol. The third-order valence-electron chi connectivity index (χ3n) is 5.23. The quantitative estimate of drug-likeness (QED) is 0.349. The van der Waals surface area contributed by atoms with E-state index in [9.17, 15) is 0 Å². The molecule has 1 aliphatic rings. The molecule has 1 heterocycles. The fraction of sp³-hybridized carbons (Fsp3) is 0.950. The maximum Gasteiger partial charge on any atom is 0.191 e. The highest BCUT2D eigenvalue weighted by Gasteiger charge is 2.18. The second kappa shape index (κ2) is 12.5. The zero-order valence-electron chi connectivity index (χ0n) is 18.4. The number of nitrogens with one attached hydrogen (secondary N) is 2. The molecule has 1 atom stereocenters. The zero-order valence-corrected chi connectivity index (χ0v) is 18.4. The van der Waals surface area contributed by atoms with Crippen molar-refractivity contribution in [3.05, 3.63) is 0 Å². The SMILES string of the molecule is CCNC(=NCC(C)N1CCN(C)CC1)NCCCN(C(C)C)C(C)C. The van der Waals surface area contributed by atoms with E-state index >= 15 is 0 Å². The number of guanidine groups is 1. The molecule has 1 fully saturated rings. The molecule has 1 aliphatic heterocycles. The summed E-state index contributed by atoms with van der Waals surface area (Å²) < 4.78 is 0. The van der Waals surface area contributed by atoms with Crippen LogP contribution in [0.5, 0.6) is 0 Å². The summed E-state index contributed by atoms with van der Waals surface area (Å²) in [5.41, 5.74) is 0. The van der Waals surface area contributed by atoms with Crippen LogP contribution in [0.1, 0.15) is 48.0 Å². The van der Waals surface area contributed by atoms with Crippen molar-refractivity contribution in [1.82, 2.24) is 25.3 Å². The van der Waals surface area contributed by atoms with Gasteiger partial charge in [-0.25, -0.2) is 0 Å². The number of hydrogen-bond donors (Lipinski definition) is 2. The van der Waals surface area contributed by atoms with Gasteiger partial charge in [0.2, 0.25) is 0 Å². The van der Waals surface area contributed by atoms with E-state index in [2.05, 4.69) is 73.9 Å². The molecule has 0 aliphatic carbocycles. The van der Waals surface area contributed by atoms with Gasteiger partial charge in [-0.05, 0) is 55.0 Å². The molecule has 1 unspecified atom stereocenters. The van der Waals surface area contributed by atoms with E-state index in [0.717, 1.165) is 64.7 Å². The highest BCUT2D eigenvalue weighted by molar-refractivity contribution is 5.79. The molecular weight excluding hydrogens is 324 g/mol. The van der Waals surface area contributed by atoms with Gasteiger partial charge in [-0.15, -0.1) is 0 Å². The summed E-state index contributed by atoms with van der Waals surface area (Å²) >= 11 is 0. The molecule has 0 radical (unpaired) electrons. The van der Waals surface area contributed by atoms with E-state index in [1.807, 2.05) is 0 Å². The van der Waals surface area contributed by atoms with Gasteiger partial charge >= 0.3 is 0 Å². The fourth-order valence-corrected chi connectivity index (χ4v) is 3.52. The third-order valence-corrected chi connectivity index (χ3v) is 5.23. The highest BCUT2D eigenvalue weighted by atomic mass is 15.3. The van der Waals surface area contributed by atoms with Crippen LogP contribution >= 0.6 is 0 Å². The van der Waals surface area contributed by atoms with Crippen LogP contribution in [0.2, 0.25) is 0 Å². The van der Waals surface area contributed by atoms with Crippen LogP contribution in [0, 0.1) is 0 Å². The van der Waals surface area contributed by atoms with Crippen LogP contribution in [0.4, 0.5) is 0 Å². The molecule has 2 N–H and O–H groups in total. The molecule has 6 heteroatoms. The number of piperazine rings is 1. The summed E-state index contributed by atoms with van der Waals surface area (Å²) in [6.07, 6.45) is 1.13. The lowest BCUT2D eigenvalue weighted by Gasteiger charge is -2.35. The Kier molecular flexibility index (Phi) is 11.2. The van der Waals surface area contributed by atoms with Gasteiger partial charge in [0.05, 0.1) is 6.54 Å². The number of rotatable bonds is 10. The molecule has 1 saturated heterocycles. The standard InChI is InChI=1S/C20H44N6/c1-8-21-20(22-10-9-11-26(17(2)3)18(4)5)23-16-19(6)25-14-12-24(7)13-15-25/h17-19H,8-16H2,1-7H3,(H2,21,22,23). The summed E-state index contributed by atoms with van der Waals surface area (Å²) in [4.78, 5) is 12.3. The van der Waals surface area contributed by atoms with Crippen LogP contribution in [0.3, 0.4) is 0 Å². The predicted octanol–water partition coefficient (Wildman–Crippen LogP) is 1.69. The number of nitrogens with zero attached hydrogens (tertiary/aromatic N) is 4. The molecule has 0 amide bonds. The minimum atomic E-state index is 0.497. The van der Waals surface area contributed by atoms with Gasteiger partial charge in [-0.1, -0.05) is 0 Å². The van der Waals surface area contributed by atoms with Crippen LogP contribution in [-0.4, -0.2) is 98.2 Å². The lowest BCUT2D eigenvalue weighted by Crippen LogP contribution is -2.49. The number of aliphatic imine (C=N–C) groups is 1. The third kappa shape index (κ3) is 8.69. The van der Waals surface area contributed by atoms with Crippen molar-refractivity contribution in [3.8, 4) is 0 Å².